The van der Waals surface area contributed by atoms with Gasteiger partial charge in [-0.3, -0.25) is 4.79 Å². The molecular weight excluding hydrogens is 354 g/mol. The first-order valence-corrected chi connectivity index (χ1v) is 8.76. The van der Waals surface area contributed by atoms with Crippen molar-refractivity contribution in [1.29, 1.82) is 0 Å². The van der Waals surface area contributed by atoms with Crippen molar-refractivity contribution < 1.29 is 19.1 Å². The lowest BCUT2D eigenvalue weighted by molar-refractivity contribution is -0.150. The summed E-state index contributed by atoms with van der Waals surface area (Å²) in [6.07, 6.45) is 0.622. The molecule has 0 heterocycles. The SMILES string of the molecule is CC[C@H](C)OC(=O)COc1ccc(C(=O)Nc2ccc(Cl)cc2C)cc1. The van der Waals surface area contributed by atoms with Crippen LogP contribution in [0.4, 0.5) is 5.69 Å². The van der Waals surface area contributed by atoms with Gasteiger partial charge in [-0.15, -0.1) is 0 Å². The highest BCUT2D eigenvalue weighted by molar-refractivity contribution is 6.30. The first-order chi connectivity index (χ1) is 12.4. The number of benzene rings is 2. The van der Waals surface area contributed by atoms with Gasteiger partial charge in [-0.25, -0.2) is 4.79 Å². The average molecular weight is 376 g/mol. The molecule has 0 aromatic heterocycles. The molecule has 0 aliphatic rings. The standard InChI is InChI=1S/C20H22ClNO4/c1-4-14(3)26-19(23)12-25-17-8-5-15(6-9-17)20(24)22-18-10-7-16(21)11-13(18)2/h5-11,14H,4,12H2,1-3H3,(H,22,24)/t14-/m0/s1. The highest BCUT2D eigenvalue weighted by Crippen LogP contribution is 2.21. The van der Waals surface area contributed by atoms with Gasteiger partial charge < -0.3 is 14.8 Å². The molecule has 1 amide bonds. The third kappa shape index (κ3) is 5.77. The molecule has 138 valence electrons. The van der Waals surface area contributed by atoms with Crippen LogP contribution in [0.25, 0.3) is 0 Å². The van der Waals surface area contributed by atoms with E-state index in [4.69, 9.17) is 21.1 Å². The van der Waals surface area contributed by atoms with E-state index < -0.39 is 5.97 Å². The molecule has 0 radical (unpaired) electrons. The summed E-state index contributed by atoms with van der Waals surface area (Å²) < 4.78 is 10.5. The topological polar surface area (TPSA) is 64.6 Å². The molecule has 0 aliphatic carbocycles. The van der Waals surface area contributed by atoms with Crippen molar-refractivity contribution in [3.8, 4) is 5.75 Å². The summed E-state index contributed by atoms with van der Waals surface area (Å²) in [6, 6.07) is 11.8. The third-order valence-corrected chi connectivity index (χ3v) is 4.05. The maximum absolute atomic E-state index is 12.3. The van der Waals surface area contributed by atoms with Gasteiger partial charge in [0.1, 0.15) is 5.75 Å². The smallest absolute Gasteiger partial charge is 0.344 e. The number of esters is 1. The summed E-state index contributed by atoms with van der Waals surface area (Å²) in [5.41, 5.74) is 2.06. The largest absolute Gasteiger partial charge is 0.482 e. The van der Waals surface area contributed by atoms with Gasteiger partial charge in [0.2, 0.25) is 0 Å². The quantitative estimate of drug-likeness (QED) is 0.717. The van der Waals surface area contributed by atoms with Gasteiger partial charge >= 0.3 is 5.97 Å². The Labute approximate surface area is 158 Å². The highest BCUT2D eigenvalue weighted by Gasteiger charge is 2.10. The molecule has 0 saturated carbocycles. The number of carbonyl (C=O) groups excluding carboxylic acids is 2. The summed E-state index contributed by atoms with van der Waals surface area (Å²) in [5, 5.41) is 3.46. The number of hydrogen-bond acceptors (Lipinski definition) is 4. The molecule has 0 unspecified atom stereocenters. The first kappa shape index (κ1) is 19.8. The van der Waals surface area contributed by atoms with Gasteiger partial charge in [-0.05, 0) is 68.3 Å². The van der Waals surface area contributed by atoms with Gasteiger partial charge in [0.05, 0.1) is 6.10 Å². The van der Waals surface area contributed by atoms with E-state index in [0.717, 1.165) is 12.0 Å². The lowest BCUT2D eigenvalue weighted by Gasteiger charge is -2.12. The van der Waals surface area contributed by atoms with E-state index in [2.05, 4.69) is 5.32 Å². The second-order valence-electron chi connectivity index (χ2n) is 5.94. The van der Waals surface area contributed by atoms with Crippen LogP contribution in [0.2, 0.25) is 5.02 Å². The van der Waals surface area contributed by atoms with Crippen molar-refractivity contribution in [2.45, 2.75) is 33.3 Å². The first-order valence-electron chi connectivity index (χ1n) is 8.39. The molecule has 2 aromatic rings. The summed E-state index contributed by atoms with van der Waals surface area (Å²) in [6.45, 7) is 5.47. The van der Waals surface area contributed by atoms with Crippen LogP contribution < -0.4 is 10.1 Å². The number of carbonyl (C=O) groups is 2. The van der Waals surface area contributed by atoms with E-state index in [9.17, 15) is 9.59 Å². The number of aryl methyl sites for hydroxylation is 1. The lowest BCUT2D eigenvalue weighted by Crippen LogP contribution is -2.20. The Morgan fingerprint density at radius 2 is 1.85 bits per heavy atom. The zero-order valence-corrected chi connectivity index (χ0v) is 15.8. The summed E-state index contributed by atoms with van der Waals surface area (Å²) in [4.78, 5) is 23.9. The number of ether oxygens (including phenoxy) is 2. The average Bonchev–Trinajstić information content (AvgIpc) is 2.62. The lowest BCUT2D eigenvalue weighted by atomic mass is 10.1. The van der Waals surface area contributed by atoms with E-state index in [1.54, 1.807) is 42.5 Å². The predicted octanol–water partition coefficient (Wildman–Crippen LogP) is 4.62. The molecule has 2 rings (SSSR count). The zero-order chi connectivity index (χ0) is 19.1. The molecule has 0 bridgehead atoms. The molecule has 1 atom stereocenters. The van der Waals surface area contributed by atoms with Crippen LogP contribution in [-0.2, 0) is 9.53 Å². The summed E-state index contributed by atoms with van der Waals surface area (Å²) in [7, 11) is 0. The molecule has 0 spiro atoms. The minimum Gasteiger partial charge on any atom is -0.482 e. The van der Waals surface area contributed by atoms with Crippen LogP contribution in [0.15, 0.2) is 42.5 Å². The fourth-order valence-electron chi connectivity index (χ4n) is 2.15. The van der Waals surface area contributed by atoms with Gasteiger partial charge in [0.15, 0.2) is 6.61 Å². The monoisotopic (exact) mass is 375 g/mol. The van der Waals surface area contributed by atoms with Gasteiger partial charge in [0.25, 0.3) is 5.91 Å². The van der Waals surface area contributed by atoms with Crippen LogP contribution in [0.5, 0.6) is 5.75 Å². The number of nitrogens with one attached hydrogen (secondary N) is 1. The third-order valence-electron chi connectivity index (χ3n) is 3.82. The highest BCUT2D eigenvalue weighted by atomic mass is 35.5. The van der Waals surface area contributed by atoms with Crippen molar-refractivity contribution in [1.82, 2.24) is 0 Å². The van der Waals surface area contributed by atoms with E-state index in [-0.39, 0.29) is 18.6 Å². The Kier molecular flexibility index (Phi) is 7.04. The Morgan fingerprint density at radius 1 is 1.15 bits per heavy atom. The second-order valence-corrected chi connectivity index (χ2v) is 6.37. The summed E-state index contributed by atoms with van der Waals surface area (Å²) in [5.74, 6) is -0.164. The van der Waals surface area contributed by atoms with E-state index in [1.165, 1.54) is 0 Å². The van der Waals surface area contributed by atoms with E-state index in [0.29, 0.717) is 22.0 Å². The molecule has 6 heteroatoms. The second kappa shape index (κ2) is 9.25. The van der Waals surface area contributed by atoms with Gasteiger partial charge in [0, 0.05) is 16.3 Å². The van der Waals surface area contributed by atoms with Crippen LogP contribution in [0.1, 0.15) is 36.2 Å². The molecule has 0 fully saturated rings. The van der Waals surface area contributed by atoms with Gasteiger partial charge in [-0.2, -0.15) is 0 Å². The molecule has 1 N–H and O–H groups in total. The minimum absolute atomic E-state index is 0.131. The van der Waals surface area contributed by atoms with Crippen LogP contribution in [-0.4, -0.2) is 24.6 Å². The van der Waals surface area contributed by atoms with Gasteiger partial charge in [-0.1, -0.05) is 18.5 Å². The Bertz CT molecular complexity index is 774. The van der Waals surface area contributed by atoms with Crippen molar-refractivity contribution >= 4 is 29.2 Å². The Hall–Kier alpha value is -2.53. The van der Waals surface area contributed by atoms with Crippen LogP contribution in [0, 0.1) is 6.92 Å². The normalized spacial score (nSPS) is 11.5. The zero-order valence-electron chi connectivity index (χ0n) is 15.0. The van der Waals surface area contributed by atoms with Crippen molar-refractivity contribution in [3.05, 3.63) is 58.6 Å². The van der Waals surface area contributed by atoms with Crippen LogP contribution in [0.3, 0.4) is 0 Å². The van der Waals surface area contributed by atoms with E-state index in [1.807, 2.05) is 20.8 Å². The molecular formula is C20H22ClNO4. The van der Waals surface area contributed by atoms with Crippen molar-refractivity contribution in [3.63, 3.8) is 0 Å². The van der Waals surface area contributed by atoms with Crippen LogP contribution >= 0.6 is 11.6 Å². The number of rotatable bonds is 7. The molecule has 5 nitrogen and oxygen atoms in total. The maximum Gasteiger partial charge on any atom is 0.344 e. The molecule has 0 aliphatic heterocycles. The minimum atomic E-state index is -0.417. The number of hydrogen-bond donors (Lipinski definition) is 1. The fraction of sp³-hybridized carbons (Fsp3) is 0.300. The van der Waals surface area contributed by atoms with E-state index >= 15 is 0 Å². The fourth-order valence-corrected chi connectivity index (χ4v) is 2.38. The van der Waals surface area contributed by atoms with Crippen molar-refractivity contribution in [2.24, 2.45) is 0 Å². The molecule has 0 saturated heterocycles. The predicted molar refractivity (Wildman–Crippen MR) is 102 cm³/mol. The maximum atomic E-state index is 12.3. The number of halogens is 1. The Balaban J connectivity index is 1.92. The Morgan fingerprint density at radius 3 is 2.46 bits per heavy atom. The van der Waals surface area contributed by atoms with Crippen molar-refractivity contribution in [2.75, 3.05) is 11.9 Å². The molecule has 26 heavy (non-hydrogen) atoms. The summed E-state index contributed by atoms with van der Waals surface area (Å²) >= 11 is 5.92. The number of anilines is 1. The number of amides is 1. The molecule has 2 aromatic carbocycles.